The summed E-state index contributed by atoms with van der Waals surface area (Å²) in [6, 6.07) is 0. The number of sulfonamides is 1. The molecule has 1 aliphatic heterocycles. The topological polar surface area (TPSA) is 94.1 Å². The van der Waals surface area contributed by atoms with E-state index in [0.29, 0.717) is 25.4 Å². The molecule has 0 aliphatic carbocycles. The summed E-state index contributed by atoms with van der Waals surface area (Å²) in [6.45, 7) is 4.58. The Kier molecular flexibility index (Phi) is 9.20. The van der Waals surface area contributed by atoms with Crippen LogP contribution in [0.15, 0.2) is 4.99 Å². The SMILES string of the molecule is CCS(=O)(=O)N(C)CCCNC(=NC)N1CCC(CC(=O)NC)CC1. The van der Waals surface area contributed by atoms with Crippen LogP contribution in [0.25, 0.3) is 0 Å². The molecule has 1 fully saturated rings. The fourth-order valence-corrected chi connectivity index (χ4v) is 3.75. The van der Waals surface area contributed by atoms with Crippen LogP contribution in [-0.2, 0) is 14.8 Å². The lowest BCUT2D eigenvalue weighted by molar-refractivity contribution is -0.121. The standard InChI is InChI=1S/C16H33N5O3S/c1-5-25(23,24)20(4)10-6-9-19-16(18-3)21-11-7-14(8-12-21)13-15(22)17-2/h14H,5-13H2,1-4H3,(H,17,22)(H,18,19). The summed E-state index contributed by atoms with van der Waals surface area (Å²) >= 11 is 0. The lowest BCUT2D eigenvalue weighted by Crippen LogP contribution is -2.46. The minimum Gasteiger partial charge on any atom is -0.359 e. The average molecular weight is 376 g/mol. The molecule has 1 saturated heterocycles. The van der Waals surface area contributed by atoms with Crippen LogP contribution < -0.4 is 10.6 Å². The monoisotopic (exact) mass is 375 g/mol. The maximum absolute atomic E-state index is 11.7. The molecular weight excluding hydrogens is 342 g/mol. The number of guanidine groups is 1. The second-order valence-corrected chi connectivity index (χ2v) is 8.72. The van der Waals surface area contributed by atoms with Crippen molar-refractivity contribution in [1.29, 1.82) is 0 Å². The van der Waals surface area contributed by atoms with Gasteiger partial charge in [0.2, 0.25) is 15.9 Å². The summed E-state index contributed by atoms with van der Waals surface area (Å²) in [5.74, 6) is 1.51. The Morgan fingerprint density at radius 3 is 2.48 bits per heavy atom. The van der Waals surface area contributed by atoms with Crippen LogP contribution >= 0.6 is 0 Å². The third kappa shape index (κ3) is 7.19. The van der Waals surface area contributed by atoms with E-state index in [0.717, 1.165) is 38.3 Å². The molecule has 0 unspecified atom stereocenters. The van der Waals surface area contributed by atoms with E-state index in [1.807, 2.05) is 0 Å². The zero-order valence-electron chi connectivity index (χ0n) is 15.9. The van der Waals surface area contributed by atoms with Gasteiger partial charge in [0.25, 0.3) is 0 Å². The number of piperidine rings is 1. The lowest BCUT2D eigenvalue weighted by Gasteiger charge is -2.34. The predicted octanol–water partition coefficient (Wildman–Crippen LogP) is 0.0815. The summed E-state index contributed by atoms with van der Waals surface area (Å²) in [5.41, 5.74) is 0. The minimum absolute atomic E-state index is 0.104. The number of hydrogen-bond donors (Lipinski definition) is 2. The van der Waals surface area contributed by atoms with Crippen molar-refractivity contribution in [1.82, 2.24) is 19.8 Å². The van der Waals surface area contributed by atoms with Crippen molar-refractivity contribution >= 4 is 21.9 Å². The average Bonchev–Trinajstić information content (AvgIpc) is 2.62. The molecule has 2 N–H and O–H groups in total. The van der Waals surface area contributed by atoms with Crippen LogP contribution in [-0.4, -0.2) is 82.6 Å². The molecule has 1 heterocycles. The second kappa shape index (κ2) is 10.6. The van der Waals surface area contributed by atoms with Gasteiger partial charge >= 0.3 is 0 Å². The molecule has 0 aromatic carbocycles. The van der Waals surface area contributed by atoms with Gasteiger partial charge in [-0.2, -0.15) is 0 Å². The fourth-order valence-electron chi connectivity index (χ4n) is 2.91. The number of nitrogens with zero attached hydrogens (tertiary/aromatic N) is 3. The van der Waals surface area contributed by atoms with Crippen molar-refractivity contribution in [2.24, 2.45) is 10.9 Å². The van der Waals surface area contributed by atoms with Crippen molar-refractivity contribution in [3.8, 4) is 0 Å². The Balaban J connectivity index is 2.33. The molecule has 0 atom stereocenters. The third-order valence-corrected chi connectivity index (χ3v) is 6.51. The molecule has 8 nitrogen and oxygen atoms in total. The van der Waals surface area contributed by atoms with E-state index in [9.17, 15) is 13.2 Å². The van der Waals surface area contributed by atoms with E-state index in [4.69, 9.17) is 0 Å². The Bertz CT molecular complexity index is 542. The second-order valence-electron chi connectivity index (χ2n) is 6.36. The van der Waals surface area contributed by atoms with Gasteiger partial charge in [-0.3, -0.25) is 9.79 Å². The molecule has 0 spiro atoms. The van der Waals surface area contributed by atoms with Gasteiger partial charge in [0.15, 0.2) is 5.96 Å². The van der Waals surface area contributed by atoms with Crippen LogP contribution in [0.2, 0.25) is 0 Å². The summed E-state index contributed by atoms with van der Waals surface area (Å²) in [6.07, 6.45) is 3.27. The van der Waals surface area contributed by atoms with Gasteiger partial charge < -0.3 is 15.5 Å². The largest absolute Gasteiger partial charge is 0.359 e. The van der Waals surface area contributed by atoms with E-state index >= 15 is 0 Å². The van der Waals surface area contributed by atoms with E-state index in [1.165, 1.54) is 4.31 Å². The van der Waals surface area contributed by atoms with Crippen LogP contribution in [0, 0.1) is 5.92 Å². The molecule has 0 aromatic rings. The Morgan fingerprint density at radius 1 is 1.32 bits per heavy atom. The van der Waals surface area contributed by atoms with Gasteiger partial charge in [-0.15, -0.1) is 0 Å². The molecule has 1 amide bonds. The highest BCUT2D eigenvalue weighted by Crippen LogP contribution is 2.20. The first-order valence-electron chi connectivity index (χ1n) is 8.94. The molecule has 9 heteroatoms. The molecule has 0 aromatic heterocycles. The van der Waals surface area contributed by atoms with Gasteiger partial charge in [-0.05, 0) is 32.1 Å². The van der Waals surface area contributed by atoms with Crippen LogP contribution in [0.3, 0.4) is 0 Å². The number of aliphatic imine (C=N–C) groups is 1. The molecule has 146 valence electrons. The van der Waals surface area contributed by atoms with E-state index in [1.54, 1.807) is 28.1 Å². The summed E-state index contributed by atoms with van der Waals surface area (Å²) in [4.78, 5) is 18.0. The van der Waals surface area contributed by atoms with Crippen molar-refractivity contribution in [2.75, 3.05) is 53.1 Å². The summed E-state index contributed by atoms with van der Waals surface area (Å²) in [5, 5.41) is 5.99. The van der Waals surface area contributed by atoms with Gasteiger partial charge in [0.05, 0.1) is 5.75 Å². The van der Waals surface area contributed by atoms with E-state index in [-0.39, 0.29) is 11.7 Å². The molecule has 25 heavy (non-hydrogen) atoms. The number of carbonyl (C=O) groups excluding carboxylic acids is 1. The highest BCUT2D eigenvalue weighted by atomic mass is 32.2. The quantitative estimate of drug-likeness (QED) is 0.356. The van der Waals surface area contributed by atoms with E-state index < -0.39 is 10.0 Å². The minimum atomic E-state index is -3.11. The highest BCUT2D eigenvalue weighted by Gasteiger charge is 2.23. The number of nitrogens with one attached hydrogen (secondary N) is 2. The zero-order valence-corrected chi connectivity index (χ0v) is 16.7. The van der Waals surface area contributed by atoms with Crippen molar-refractivity contribution in [3.63, 3.8) is 0 Å². The molecule has 1 rings (SSSR count). The Labute approximate surface area is 152 Å². The maximum Gasteiger partial charge on any atom is 0.220 e. The van der Waals surface area contributed by atoms with Crippen LogP contribution in [0.1, 0.15) is 32.6 Å². The third-order valence-electron chi connectivity index (χ3n) is 4.65. The van der Waals surface area contributed by atoms with Crippen LogP contribution in [0.4, 0.5) is 0 Å². The maximum atomic E-state index is 11.7. The Hall–Kier alpha value is -1.35. The van der Waals surface area contributed by atoms with Crippen molar-refractivity contribution in [2.45, 2.75) is 32.6 Å². The molecule has 1 aliphatic rings. The number of likely N-dealkylation sites (tertiary alicyclic amines) is 1. The lowest BCUT2D eigenvalue weighted by atomic mass is 9.93. The first-order chi connectivity index (χ1) is 11.8. The van der Waals surface area contributed by atoms with Gasteiger partial charge in [0.1, 0.15) is 0 Å². The number of amides is 1. The van der Waals surface area contributed by atoms with Crippen molar-refractivity contribution in [3.05, 3.63) is 0 Å². The van der Waals surface area contributed by atoms with Crippen LogP contribution in [0.5, 0.6) is 0 Å². The fraction of sp³-hybridized carbons (Fsp3) is 0.875. The predicted molar refractivity (Wildman–Crippen MR) is 101 cm³/mol. The van der Waals surface area contributed by atoms with Gasteiger partial charge in [0, 0.05) is 53.7 Å². The first kappa shape index (κ1) is 21.7. The number of hydrogen-bond acceptors (Lipinski definition) is 4. The Morgan fingerprint density at radius 2 is 1.96 bits per heavy atom. The molecule has 0 radical (unpaired) electrons. The molecular formula is C16H33N5O3S. The van der Waals surface area contributed by atoms with Gasteiger partial charge in [-0.25, -0.2) is 12.7 Å². The normalized spacial score (nSPS) is 17.0. The molecule has 0 bridgehead atoms. The smallest absolute Gasteiger partial charge is 0.220 e. The molecule has 0 saturated carbocycles. The van der Waals surface area contributed by atoms with Gasteiger partial charge in [-0.1, -0.05) is 0 Å². The summed E-state index contributed by atoms with van der Waals surface area (Å²) < 4.78 is 24.8. The number of carbonyl (C=O) groups is 1. The summed E-state index contributed by atoms with van der Waals surface area (Å²) in [7, 11) is 1.93. The number of rotatable bonds is 8. The van der Waals surface area contributed by atoms with Crippen molar-refractivity contribution < 1.29 is 13.2 Å². The van der Waals surface area contributed by atoms with E-state index in [2.05, 4.69) is 20.5 Å². The highest BCUT2D eigenvalue weighted by molar-refractivity contribution is 7.89. The first-order valence-corrected chi connectivity index (χ1v) is 10.5. The zero-order chi connectivity index (χ0) is 18.9.